The van der Waals surface area contributed by atoms with E-state index in [9.17, 15) is 9.59 Å². The molecule has 0 saturated heterocycles. The number of hydrogen-bond donors (Lipinski definition) is 3. The first-order valence-electron chi connectivity index (χ1n) is 5.98. The maximum absolute atomic E-state index is 11.8. The number of aromatic nitrogens is 2. The van der Waals surface area contributed by atoms with E-state index < -0.39 is 5.54 Å². The van der Waals surface area contributed by atoms with Gasteiger partial charge in [-0.05, 0) is 12.8 Å². The molecule has 1 atom stereocenters. The molecule has 1 rings (SSSR count). The van der Waals surface area contributed by atoms with Crippen LogP contribution in [0.4, 0.5) is 5.82 Å². The van der Waals surface area contributed by atoms with Crippen LogP contribution in [-0.2, 0) is 4.79 Å². The van der Waals surface area contributed by atoms with Gasteiger partial charge in [0.2, 0.25) is 5.91 Å². The van der Waals surface area contributed by atoms with Crippen LogP contribution in [0.5, 0.6) is 0 Å². The molecule has 1 aromatic heterocycles. The van der Waals surface area contributed by atoms with Crippen molar-refractivity contribution in [1.29, 1.82) is 5.26 Å². The average Bonchev–Trinajstić information content (AvgIpc) is 2.35. The molecule has 0 aliphatic heterocycles. The number of carbonyl (C=O) groups is 1. The average molecular weight is 295 g/mol. The number of carbonyl (C=O) groups excluding carboxylic acids is 1. The minimum Gasteiger partial charge on any atom is -0.383 e. The molecule has 1 heterocycles. The number of rotatable bonds is 5. The zero-order chi connectivity index (χ0) is 15.3. The Kier molecular flexibility index (Phi) is 5.16. The standard InChI is InChI=1S/C12H17N5O2S/c1-7(2)12(3,6-13)17-10(19)5-20-11-15-8(14)4-9(18)16-11/h4,7H,5H2,1-3H3,(H,17,19)(H3,14,15,16,18). The van der Waals surface area contributed by atoms with Crippen LogP contribution in [0.1, 0.15) is 20.8 Å². The summed E-state index contributed by atoms with van der Waals surface area (Å²) < 4.78 is 0. The first kappa shape index (κ1) is 16.0. The highest BCUT2D eigenvalue weighted by atomic mass is 32.2. The van der Waals surface area contributed by atoms with Crippen LogP contribution in [0.3, 0.4) is 0 Å². The summed E-state index contributed by atoms with van der Waals surface area (Å²) in [5, 5.41) is 12.1. The molecule has 4 N–H and O–H groups in total. The molecule has 1 amide bonds. The normalized spacial score (nSPS) is 13.6. The number of hydrogen-bond acceptors (Lipinski definition) is 6. The fourth-order valence-electron chi connectivity index (χ4n) is 1.28. The van der Waals surface area contributed by atoms with Gasteiger partial charge in [-0.15, -0.1) is 0 Å². The van der Waals surface area contributed by atoms with Crippen molar-refractivity contribution in [3.05, 3.63) is 16.4 Å². The van der Waals surface area contributed by atoms with Gasteiger partial charge in [-0.3, -0.25) is 9.59 Å². The van der Waals surface area contributed by atoms with Crippen molar-refractivity contribution >= 4 is 23.5 Å². The van der Waals surface area contributed by atoms with Gasteiger partial charge in [0.05, 0.1) is 11.8 Å². The number of nitrogen functional groups attached to an aromatic ring is 1. The number of nitrogens with zero attached hydrogens (tertiary/aromatic N) is 2. The minimum absolute atomic E-state index is 0.0215. The Morgan fingerprint density at radius 3 is 2.85 bits per heavy atom. The fourth-order valence-corrected chi connectivity index (χ4v) is 1.97. The summed E-state index contributed by atoms with van der Waals surface area (Å²) in [6, 6.07) is 3.25. The molecule has 0 spiro atoms. The Morgan fingerprint density at radius 1 is 1.70 bits per heavy atom. The van der Waals surface area contributed by atoms with Gasteiger partial charge in [0, 0.05) is 6.07 Å². The quantitative estimate of drug-likeness (QED) is 0.536. The zero-order valence-corrected chi connectivity index (χ0v) is 12.4. The van der Waals surface area contributed by atoms with Crippen LogP contribution in [-0.4, -0.2) is 27.2 Å². The lowest BCUT2D eigenvalue weighted by atomic mass is 9.90. The highest BCUT2D eigenvalue weighted by molar-refractivity contribution is 7.99. The number of thioether (sulfide) groups is 1. The van der Waals surface area contributed by atoms with Gasteiger partial charge in [0.15, 0.2) is 5.16 Å². The molecule has 1 aromatic rings. The van der Waals surface area contributed by atoms with Gasteiger partial charge in [-0.25, -0.2) is 4.98 Å². The van der Waals surface area contributed by atoms with E-state index in [4.69, 9.17) is 11.0 Å². The first-order valence-corrected chi connectivity index (χ1v) is 6.97. The molecule has 7 nitrogen and oxygen atoms in total. The van der Waals surface area contributed by atoms with E-state index in [1.807, 2.05) is 13.8 Å². The van der Waals surface area contributed by atoms with E-state index >= 15 is 0 Å². The maximum atomic E-state index is 11.8. The van der Waals surface area contributed by atoms with Crippen LogP contribution in [0.15, 0.2) is 16.0 Å². The Balaban J connectivity index is 2.64. The first-order chi connectivity index (χ1) is 9.26. The molecule has 108 valence electrons. The molecular formula is C12H17N5O2S. The van der Waals surface area contributed by atoms with Crippen LogP contribution in [0.2, 0.25) is 0 Å². The van der Waals surface area contributed by atoms with E-state index in [1.165, 1.54) is 0 Å². The lowest BCUT2D eigenvalue weighted by Gasteiger charge is -2.27. The number of nitriles is 1. The Bertz CT molecular complexity index is 592. The predicted molar refractivity (Wildman–Crippen MR) is 77.0 cm³/mol. The van der Waals surface area contributed by atoms with Crippen molar-refractivity contribution < 1.29 is 4.79 Å². The molecule has 8 heteroatoms. The van der Waals surface area contributed by atoms with Crippen LogP contribution in [0, 0.1) is 17.2 Å². The number of anilines is 1. The Morgan fingerprint density at radius 2 is 2.35 bits per heavy atom. The van der Waals surface area contributed by atoms with Gasteiger partial charge in [0.25, 0.3) is 5.56 Å². The third-order valence-electron chi connectivity index (χ3n) is 2.87. The van der Waals surface area contributed by atoms with Crippen molar-refractivity contribution in [1.82, 2.24) is 15.3 Å². The van der Waals surface area contributed by atoms with Crippen LogP contribution < -0.4 is 16.6 Å². The summed E-state index contributed by atoms with van der Waals surface area (Å²) in [7, 11) is 0. The summed E-state index contributed by atoms with van der Waals surface area (Å²) in [4.78, 5) is 29.4. The van der Waals surface area contributed by atoms with Crippen molar-refractivity contribution in [2.75, 3.05) is 11.5 Å². The highest BCUT2D eigenvalue weighted by Gasteiger charge is 2.29. The predicted octanol–water partition coefficient (Wildman–Crippen LogP) is 0.499. The monoisotopic (exact) mass is 295 g/mol. The van der Waals surface area contributed by atoms with Crippen molar-refractivity contribution in [3.63, 3.8) is 0 Å². The van der Waals surface area contributed by atoms with Gasteiger partial charge >= 0.3 is 0 Å². The molecule has 0 fully saturated rings. The van der Waals surface area contributed by atoms with E-state index in [2.05, 4.69) is 21.4 Å². The van der Waals surface area contributed by atoms with Gasteiger partial charge in [0.1, 0.15) is 11.4 Å². The second-order valence-corrected chi connectivity index (χ2v) is 5.75. The van der Waals surface area contributed by atoms with Crippen molar-refractivity contribution in [2.45, 2.75) is 31.5 Å². The van der Waals surface area contributed by atoms with Crippen molar-refractivity contribution in [2.24, 2.45) is 5.92 Å². The second kappa shape index (κ2) is 6.43. The third kappa shape index (κ3) is 4.28. The molecule has 0 radical (unpaired) electrons. The number of H-pyrrole nitrogens is 1. The minimum atomic E-state index is -0.922. The van der Waals surface area contributed by atoms with Crippen molar-refractivity contribution in [3.8, 4) is 6.07 Å². The largest absolute Gasteiger partial charge is 0.383 e. The number of nitrogens with two attached hydrogens (primary N) is 1. The van der Waals surface area contributed by atoms with E-state index in [0.717, 1.165) is 17.8 Å². The SMILES string of the molecule is CC(C)C(C)(C#N)NC(=O)CSc1nc(N)cc(=O)[nH]1. The molecular weight excluding hydrogens is 278 g/mol. The van der Waals surface area contributed by atoms with E-state index in [-0.39, 0.29) is 34.1 Å². The smallest absolute Gasteiger partial charge is 0.253 e. The molecule has 1 unspecified atom stereocenters. The molecule has 0 aliphatic rings. The molecule has 0 saturated carbocycles. The number of amides is 1. The summed E-state index contributed by atoms with van der Waals surface area (Å²) in [5.41, 5.74) is 4.15. The summed E-state index contributed by atoms with van der Waals surface area (Å²) in [5.74, 6) is -0.193. The molecule has 0 aromatic carbocycles. The summed E-state index contributed by atoms with van der Waals surface area (Å²) >= 11 is 1.05. The summed E-state index contributed by atoms with van der Waals surface area (Å²) in [6.45, 7) is 5.38. The number of aromatic amines is 1. The van der Waals surface area contributed by atoms with Gasteiger partial charge < -0.3 is 16.0 Å². The topological polar surface area (TPSA) is 125 Å². The van der Waals surface area contributed by atoms with Crippen LogP contribution in [0.25, 0.3) is 0 Å². The zero-order valence-electron chi connectivity index (χ0n) is 11.6. The summed E-state index contributed by atoms with van der Waals surface area (Å²) in [6.07, 6.45) is 0. The molecule has 0 aliphatic carbocycles. The maximum Gasteiger partial charge on any atom is 0.253 e. The number of nitrogens with one attached hydrogen (secondary N) is 2. The molecule has 20 heavy (non-hydrogen) atoms. The highest BCUT2D eigenvalue weighted by Crippen LogP contribution is 2.16. The van der Waals surface area contributed by atoms with E-state index in [1.54, 1.807) is 6.92 Å². The fraction of sp³-hybridized carbons (Fsp3) is 0.500. The van der Waals surface area contributed by atoms with Gasteiger partial charge in [-0.1, -0.05) is 25.6 Å². The molecule has 0 bridgehead atoms. The second-order valence-electron chi connectivity index (χ2n) is 4.78. The Labute approximate surface area is 121 Å². The lowest BCUT2D eigenvalue weighted by molar-refractivity contribution is -0.120. The third-order valence-corrected chi connectivity index (χ3v) is 3.74. The van der Waals surface area contributed by atoms with E-state index in [0.29, 0.717) is 0 Å². The lowest BCUT2D eigenvalue weighted by Crippen LogP contribution is -2.49. The Hall–Kier alpha value is -2.01. The van der Waals surface area contributed by atoms with Crippen LogP contribution >= 0.6 is 11.8 Å². The van der Waals surface area contributed by atoms with Gasteiger partial charge in [-0.2, -0.15) is 5.26 Å².